The van der Waals surface area contributed by atoms with Crippen molar-refractivity contribution < 1.29 is 0 Å². The third-order valence-corrected chi connectivity index (χ3v) is 5.06. The first-order valence-electron chi connectivity index (χ1n) is 8.89. The number of rotatable bonds is 3. The summed E-state index contributed by atoms with van der Waals surface area (Å²) in [4.78, 5) is 22.4. The van der Waals surface area contributed by atoms with Crippen molar-refractivity contribution in [3.8, 4) is 0 Å². The Morgan fingerprint density at radius 3 is 2.60 bits per heavy atom. The summed E-state index contributed by atoms with van der Waals surface area (Å²) in [6.45, 7) is 3.93. The van der Waals surface area contributed by atoms with Crippen LogP contribution in [0.4, 0.5) is 11.5 Å². The summed E-state index contributed by atoms with van der Waals surface area (Å²) in [5, 5.41) is 1.09. The monoisotopic (exact) mass is 332 g/mol. The zero-order chi connectivity index (χ0) is 16.6. The molecule has 2 fully saturated rings. The fraction of sp³-hybridized carbons (Fsp3) is 0.368. The maximum atomic E-state index is 4.78. The molecular formula is C19H20N6. The lowest BCUT2D eigenvalue weighted by Crippen LogP contribution is -2.46. The lowest BCUT2D eigenvalue weighted by molar-refractivity contribution is 0.645. The summed E-state index contributed by atoms with van der Waals surface area (Å²) < 4.78 is 0. The SMILES string of the molecule is c1cc(N2CCN(c3ccc4ncncc4c3)CC2)nc(C2CC2)n1. The van der Waals surface area contributed by atoms with Gasteiger partial charge in [-0.2, -0.15) is 0 Å². The maximum absolute atomic E-state index is 4.78. The van der Waals surface area contributed by atoms with Gasteiger partial charge in [-0.15, -0.1) is 0 Å². The van der Waals surface area contributed by atoms with E-state index < -0.39 is 0 Å². The van der Waals surface area contributed by atoms with Crippen molar-refractivity contribution in [3.05, 3.63) is 48.8 Å². The lowest BCUT2D eigenvalue weighted by atomic mass is 10.2. The molecule has 0 N–H and O–H groups in total. The van der Waals surface area contributed by atoms with Crippen molar-refractivity contribution in [3.63, 3.8) is 0 Å². The molecule has 1 aliphatic heterocycles. The highest BCUT2D eigenvalue weighted by Crippen LogP contribution is 2.38. The van der Waals surface area contributed by atoms with E-state index in [0.717, 1.165) is 48.7 Å². The molecule has 0 radical (unpaired) electrons. The minimum atomic E-state index is 0.598. The van der Waals surface area contributed by atoms with Crippen molar-refractivity contribution in [1.82, 2.24) is 19.9 Å². The van der Waals surface area contributed by atoms with Crippen LogP contribution in [-0.2, 0) is 0 Å². The molecule has 126 valence electrons. The average molecular weight is 332 g/mol. The van der Waals surface area contributed by atoms with E-state index in [-0.39, 0.29) is 0 Å². The highest BCUT2D eigenvalue weighted by atomic mass is 15.3. The van der Waals surface area contributed by atoms with E-state index in [1.807, 2.05) is 18.5 Å². The van der Waals surface area contributed by atoms with Gasteiger partial charge in [0.2, 0.25) is 0 Å². The number of aromatic nitrogens is 4. The van der Waals surface area contributed by atoms with Crippen LogP contribution >= 0.6 is 0 Å². The van der Waals surface area contributed by atoms with Crippen LogP contribution in [0.25, 0.3) is 10.9 Å². The first-order chi connectivity index (χ1) is 12.4. The Labute approximate surface area is 146 Å². The van der Waals surface area contributed by atoms with Gasteiger partial charge in [0.05, 0.1) is 5.52 Å². The Hall–Kier alpha value is -2.76. The number of piperazine rings is 1. The summed E-state index contributed by atoms with van der Waals surface area (Å²) in [5.74, 6) is 2.69. The molecule has 3 heterocycles. The highest BCUT2D eigenvalue weighted by molar-refractivity contribution is 5.81. The second kappa shape index (κ2) is 5.95. The fourth-order valence-corrected chi connectivity index (χ4v) is 3.44. The Morgan fingerprint density at radius 1 is 0.920 bits per heavy atom. The molecule has 1 saturated heterocycles. The van der Waals surface area contributed by atoms with Crippen molar-refractivity contribution in [2.24, 2.45) is 0 Å². The Balaban J connectivity index is 1.31. The van der Waals surface area contributed by atoms with Crippen LogP contribution < -0.4 is 9.80 Å². The normalized spacial score (nSPS) is 17.9. The molecule has 1 aliphatic carbocycles. The van der Waals surface area contributed by atoms with Gasteiger partial charge in [0.25, 0.3) is 0 Å². The predicted molar refractivity (Wildman–Crippen MR) is 98.0 cm³/mol. The van der Waals surface area contributed by atoms with E-state index in [9.17, 15) is 0 Å². The summed E-state index contributed by atoms with van der Waals surface area (Å²) >= 11 is 0. The van der Waals surface area contributed by atoms with Gasteiger partial charge >= 0.3 is 0 Å². The maximum Gasteiger partial charge on any atom is 0.133 e. The van der Waals surface area contributed by atoms with Crippen molar-refractivity contribution in [1.29, 1.82) is 0 Å². The Kier molecular flexibility index (Phi) is 3.47. The standard InChI is InChI=1S/C19H20N6/c1-2-14(1)19-21-6-5-18(23-19)25-9-7-24(8-10-25)16-3-4-17-15(11-16)12-20-13-22-17/h3-6,11-14H,1-2,7-10H2. The number of anilines is 2. The number of hydrogen-bond acceptors (Lipinski definition) is 6. The topological polar surface area (TPSA) is 58.0 Å². The lowest BCUT2D eigenvalue weighted by Gasteiger charge is -2.36. The molecular weight excluding hydrogens is 312 g/mol. The largest absolute Gasteiger partial charge is 0.368 e. The first-order valence-corrected chi connectivity index (χ1v) is 8.89. The summed E-state index contributed by atoms with van der Waals surface area (Å²) in [6, 6.07) is 8.45. The van der Waals surface area contributed by atoms with Crippen LogP contribution in [0.1, 0.15) is 24.6 Å². The highest BCUT2D eigenvalue weighted by Gasteiger charge is 2.27. The number of nitrogens with zero attached hydrogens (tertiary/aromatic N) is 6. The van der Waals surface area contributed by atoms with Gasteiger partial charge in [-0.05, 0) is 37.1 Å². The molecule has 3 aromatic rings. The summed E-state index contributed by atoms with van der Waals surface area (Å²) in [6.07, 6.45) is 7.86. The van der Waals surface area contributed by atoms with Gasteiger partial charge in [0, 0.05) is 55.6 Å². The van der Waals surface area contributed by atoms with Gasteiger partial charge in [0.15, 0.2) is 0 Å². The fourth-order valence-electron chi connectivity index (χ4n) is 3.44. The van der Waals surface area contributed by atoms with E-state index in [4.69, 9.17) is 4.98 Å². The number of fused-ring (bicyclic) bond motifs is 1. The zero-order valence-electron chi connectivity index (χ0n) is 14.0. The van der Waals surface area contributed by atoms with Crippen molar-refractivity contribution in [2.75, 3.05) is 36.0 Å². The summed E-state index contributed by atoms with van der Waals surface area (Å²) in [5.41, 5.74) is 2.23. The Bertz CT molecular complexity index is 899. The second-order valence-corrected chi connectivity index (χ2v) is 6.79. The molecule has 5 rings (SSSR count). The molecule has 25 heavy (non-hydrogen) atoms. The third-order valence-electron chi connectivity index (χ3n) is 5.06. The molecule has 2 aromatic heterocycles. The van der Waals surface area contributed by atoms with Gasteiger partial charge in [-0.1, -0.05) is 0 Å². The van der Waals surface area contributed by atoms with Crippen LogP contribution in [0, 0.1) is 0 Å². The third kappa shape index (κ3) is 2.88. The average Bonchev–Trinajstić information content (AvgIpc) is 3.53. The van der Waals surface area contributed by atoms with Crippen LogP contribution in [0.5, 0.6) is 0 Å². The molecule has 0 atom stereocenters. The van der Waals surface area contributed by atoms with Crippen LogP contribution in [0.3, 0.4) is 0 Å². The van der Waals surface area contributed by atoms with E-state index in [2.05, 4.69) is 43.0 Å². The molecule has 0 amide bonds. The molecule has 6 nitrogen and oxygen atoms in total. The van der Waals surface area contributed by atoms with E-state index >= 15 is 0 Å². The first kappa shape index (κ1) is 14.6. The number of hydrogen-bond donors (Lipinski definition) is 0. The quantitative estimate of drug-likeness (QED) is 0.735. The smallest absolute Gasteiger partial charge is 0.133 e. The second-order valence-electron chi connectivity index (χ2n) is 6.79. The van der Waals surface area contributed by atoms with E-state index in [0.29, 0.717) is 5.92 Å². The predicted octanol–water partition coefficient (Wildman–Crippen LogP) is 2.62. The van der Waals surface area contributed by atoms with Gasteiger partial charge < -0.3 is 9.80 Å². The van der Waals surface area contributed by atoms with E-state index in [1.165, 1.54) is 18.5 Å². The van der Waals surface area contributed by atoms with Crippen molar-refractivity contribution >= 4 is 22.4 Å². The summed E-state index contributed by atoms with van der Waals surface area (Å²) in [7, 11) is 0. The molecule has 1 saturated carbocycles. The van der Waals surface area contributed by atoms with Crippen LogP contribution in [0.2, 0.25) is 0 Å². The van der Waals surface area contributed by atoms with Gasteiger partial charge in [-0.25, -0.2) is 19.9 Å². The molecule has 0 bridgehead atoms. The van der Waals surface area contributed by atoms with Crippen LogP contribution in [-0.4, -0.2) is 46.1 Å². The van der Waals surface area contributed by atoms with Gasteiger partial charge in [-0.3, -0.25) is 0 Å². The Morgan fingerprint density at radius 2 is 1.76 bits per heavy atom. The zero-order valence-corrected chi connectivity index (χ0v) is 14.0. The minimum Gasteiger partial charge on any atom is -0.368 e. The number of benzene rings is 1. The van der Waals surface area contributed by atoms with Gasteiger partial charge in [0.1, 0.15) is 18.0 Å². The molecule has 0 spiro atoms. The van der Waals surface area contributed by atoms with E-state index in [1.54, 1.807) is 6.33 Å². The van der Waals surface area contributed by atoms with Crippen LogP contribution in [0.15, 0.2) is 43.0 Å². The molecule has 2 aliphatic rings. The molecule has 6 heteroatoms. The van der Waals surface area contributed by atoms with Crippen molar-refractivity contribution in [2.45, 2.75) is 18.8 Å². The minimum absolute atomic E-state index is 0.598. The molecule has 0 unspecified atom stereocenters. The molecule has 1 aromatic carbocycles.